The summed E-state index contributed by atoms with van der Waals surface area (Å²) in [5.74, 6) is 1.47. The number of carbonyl (C=O) groups excluding carboxylic acids is 1. The number of rotatable bonds is 4. The lowest BCUT2D eigenvalue weighted by atomic mass is 10.0. The van der Waals surface area contributed by atoms with E-state index in [1.807, 2.05) is 0 Å². The Morgan fingerprint density at radius 3 is 2.52 bits per heavy atom. The highest BCUT2D eigenvalue weighted by Crippen LogP contribution is 2.33. The van der Waals surface area contributed by atoms with Crippen LogP contribution in [0.5, 0.6) is 11.5 Å². The van der Waals surface area contributed by atoms with Gasteiger partial charge in [-0.25, -0.2) is 8.42 Å². The van der Waals surface area contributed by atoms with Gasteiger partial charge in [0.05, 0.1) is 4.90 Å². The third kappa shape index (κ3) is 3.82. The molecule has 1 amide bonds. The fourth-order valence-corrected chi connectivity index (χ4v) is 5.17. The first-order chi connectivity index (χ1) is 13.0. The molecule has 1 atom stereocenters. The summed E-state index contributed by atoms with van der Waals surface area (Å²) < 4.78 is 38.3. The predicted octanol–water partition coefficient (Wildman–Crippen LogP) is 1.65. The lowest BCUT2D eigenvalue weighted by Crippen LogP contribution is -2.50. The van der Waals surface area contributed by atoms with Crippen molar-refractivity contribution in [3.8, 4) is 11.5 Å². The first kappa shape index (κ1) is 18.3. The molecule has 0 aromatic heterocycles. The smallest absolute Gasteiger partial charge is 0.243 e. The number of hydrogen-bond acceptors (Lipinski definition) is 5. The number of carbonyl (C=O) groups is 1. The van der Waals surface area contributed by atoms with Crippen LogP contribution in [0, 0.1) is 5.92 Å². The van der Waals surface area contributed by atoms with Crippen molar-refractivity contribution in [2.75, 3.05) is 39.4 Å². The van der Waals surface area contributed by atoms with Crippen molar-refractivity contribution in [2.45, 2.75) is 24.2 Å². The second-order valence-corrected chi connectivity index (χ2v) is 9.00. The average Bonchev–Trinajstić information content (AvgIpc) is 3.20. The van der Waals surface area contributed by atoms with Crippen LogP contribution in [0.3, 0.4) is 0 Å². The molecule has 8 heteroatoms. The molecule has 0 spiro atoms. The summed E-state index contributed by atoms with van der Waals surface area (Å²) >= 11 is 0. The molecule has 0 bridgehead atoms. The molecule has 146 valence electrons. The molecular formula is C19H24N2O5S. The maximum absolute atomic E-state index is 12.9. The molecular weight excluding hydrogens is 368 g/mol. The number of sulfonamides is 1. The van der Waals surface area contributed by atoms with Crippen LogP contribution in [-0.2, 0) is 14.8 Å². The van der Waals surface area contributed by atoms with Gasteiger partial charge in [0.15, 0.2) is 11.5 Å². The first-order valence-corrected chi connectivity index (χ1v) is 10.8. The monoisotopic (exact) mass is 392 g/mol. The topological polar surface area (TPSA) is 76.2 Å². The highest BCUT2D eigenvalue weighted by Gasteiger charge is 2.31. The van der Waals surface area contributed by atoms with E-state index in [9.17, 15) is 13.2 Å². The molecule has 7 nitrogen and oxygen atoms in total. The van der Waals surface area contributed by atoms with Crippen LogP contribution in [0.25, 0.3) is 0 Å². The summed E-state index contributed by atoms with van der Waals surface area (Å²) in [6.45, 7) is 2.35. The highest BCUT2D eigenvalue weighted by molar-refractivity contribution is 7.89. The molecule has 1 aliphatic carbocycles. The standard InChI is InChI=1S/C19H24N2O5S/c22-19(13-15-3-1-2-4-15)20-7-9-21(10-8-20)27(23,24)16-5-6-17-18(14-16)26-12-11-25-17/h1,3,5-6,14-15H,2,4,7-13H2. The third-order valence-corrected chi connectivity index (χ3v) is 7.19. The molecule has 2 heterocycles. The summed E-state index contributed by atoms with van der Waals surface area (Å²) in [6.07, 6.45) is 6.82. The van der Waals surface area contributed by atoms with Crippen molar-refractivity contribution in [1.29, 1.82) is 0 Å². The second kappa shape index (κ2) is 7.52. The van der Waals surface area contributed by atoms with Crippen LogP contribution < -0.4 is 9.47 Å². The number of piperazine rings is 1. The Morgan fingerprint density at radius 2 is 1.81 bits per heavy atom. The Balaban J connectivity index is 1.39. The van der Waals surface area contributed by atoms with Gasteiger partial charge < -0.3 is 14.4 Å². The number of nitrogens with zero attached hydrogens (tertiary/aromatic N) is 2. The van der Waals surface area contributed by atoms with E-state index in [0.717, 1.165) is 12.8 Å². The van der Waals surface area contributed by atoms with Gasteiger partial charge >= 0.3 is 0 Å². The highest BCUT2D eigenvalue weighted by atomic mass is 32.2. The largest absolute Gasteiger partial charge is 0.486 e. The van der Waals surface area contributed by atoms with Crippen molar-refractivity contribution in [2.24, 2.45) is 5.92 Å². The maximum Gasteiger partial charge on any atom is 0.243 e. The zero-order valence-corrected chi connectivity index (χ0v) is 16.0. The minimum atomic E-state index is -3.62. The maximum atomic E-state index is 12.9. The average molecular weight is 392 g/mol. The van der Waals surface area contributed by atoms with Gasteiger partial charge in [-0.1, -0.05) is 12.2 Å². The normalized spacial score (nSPS) is 22.8. The van der Waals surface area contributed by atoms with E-state index in [-0.39, 0.29) is 10.8 Å². The molecule has 1 aromatic rings. The van der Waals surface area contributed by atoms with Crippen molar-refractivity contribution < 1.29 is 22.7 Å². The summed E-state index contributed by atoms with van der Waals surface area (Å²) in [5.41, 5.74) is 0. The van der Waals surface area contributed by atoms with Gasteiger partial charge in [-0.05, 0) is 30.9 Å². The van der Waals surface area contributed by atoms with Crippen molar-refractivity contribution in [3.63, 3.8) is 0 Å². The molecule has 1 aromatic carbocycles. The number of hydrogen-bond donors (Lipinski definition) is 0. The fourth-order valence-electron chi connectivity index (χ4n) is 3.73. The minimum absolute atomic E-state index is 0.114. The SMILES string of the molecule is O=C(CC1C=CCC1)N1CCN(S(=O)(=O)c2ccc3c(c2)OCCO3)CC1. The van der Waals surface area contributed by atoms with Crippen LogP contribution in [0.2, 0.25) is 0 Å². The molecule has 0 radical (unpaired) electrons. The van der Waals surface area contributed by atoms with E-state index in [1.165, 1.54) is 10.4 Å². The van der Waals surface area contributed by atoms with Gasteiger partial charge in [0.25, 0.3) is 0 Å². The summed E-state index contributed by atoms with van der Waals surface area (Å²) in [5, 5.41) is 0. The Labute approximate surface area is 159 Å². The molecule has 27 heavy (non-hydrogen) atoms. The van der Waals surface area contributed by atoms with Gasteiger partial charge in [0, 0.05) is 38.7 Å². The van der Waals surface area contributed by atoms with Crippen LogP contribution >= 0.6 is 0 Å². The van der Waals surface area contributed by atoms with Crippen LogP contribution in [0.15, 0.2) is 35.2 Å². The predicted molar refractivity (Wildman–Crippen MR) is 99.3 cm³/mol. The number of allylic oxidation sites excluding steroid dienone is 2. The van der Waals surface area contributed by atoms with Gasteiger partial charge in [-0.3, -0.25) is 4.79 Å². The number of benzene rings is 1. The lowest BCUT2D eigenvalue weighted by molar-refractivity contribution is -0.133. The molecule has 2 aliphatic heterocycles. The van der Waals surface area contributed by atoms with Gasteiger partial charge in [0.1, 0.15) is 13.2 Å². The van der Waals surface area contributed by atoms with E-state index in [1.54, 1.807) is 17.0 Å². The molecule has 1 saturated heterocycles. The summed E-state index contributed by atoms with van der Waals surface area (Å²) in [7, 11) is -3.62. The van der Waals surface area contributed by atoms with E-state index < -0.39 is 10.0 Å². The Hall–Kier alpha value is -2.06. The lowest BCUT2D eigenvalue weighted by Gasteiger charge is -2.34. The van der Waals surface area contributed by atoms with E-state index in [0.29, 0.717) is 63.2 Å². The second-order valence-electron chi connectivity index (χ2n) is 7.06. The quantitative estimate of drug-likeness (QED) is 0.729. The fraction of sp³-hybridized carbons (Fsp3) is 0.526. The minimum Gasteiger partial charge on any atom is -0.486 e. The van der Waals surface area contributed by atoms with Crippen molar-refractivity contribution in [1.82, 2.24) is 9.21 Å². The van der Waals surface area contributed by atoms with E-state index in [2.05, 4.69) is 12.2 Å². The molecule has 1 unspecified atom stereocenters. The van der Waals surface area contributed by atoms with Crippen molar-refractivity contribution >= 4 is 15.9 Å². The third-order valence-electron chi connectivity index (χ3n) is 5.29. The molecule has 4 rings (SSSR count). The van der Waals surface area contributed by atoms with Crippen LogP contribution in [-0.4, -0.2) is 62.9 Å². The zero-order valence-electron chi connectivity index (χ0n) is 15.2. The van der Waals surface area contributed by atoms with Gasteiger partial charge in [-0.2, -0.15) is 4.31 Å². The Morgan fingerprint density at radius 1 is 1.07 bits per heavy atom. The zero-order chi connectivity index (χ0) is 18.9. The van der Waals surface area contributed by atoms with Gasteiger partial charge in [-0.15, -0.1) is 0 Å². The van der Waals surface area contributed by atoms with Crippen LogP contribution in [0.4, 0.5) is 0 Å². The Bertz CT molecular complexity index is 844. The van der Waals surface area contributed by atoms with Crippen molar-refractivity contribution in [3.05, 3.63) is 30.4 Å². The molecule has 3 aliphatic rings. The van der Waals surface area contributed by atoms with E-state index >= 15 is 0 Å². The summed E-state index contributed by atoms with van der Waals surface area (Å²) in [4.78, 5) is 14.4. The summed E-state index contributed by atoms with van der Waals surface area (Å²) in [6, 6.07) is 4.71. The number of ether oxygens (including phenoxy) is 2. The Kier molecular flexibility index (Phi) is 5.10. The van der Waals surface area contributed by atoms with E-state index in [4.69, 9.17) is 9.47 Å². The number of fused-ring (bicyclic) bond motifs is 1. The first-order valence-electron chi connectivity index (χ1n) is 9.38. The number of amides is 1. The van der Waals surface area contributed by atoms with Crippen LogP contribution in [0.1, 0.15) is 19.3 Å². The molecule has 1 fully saturated rings. The molecule has 0 saturated carbocycles. The molecule has 0 N–H and O–H groups in total. The van der Waals surface area contributed by atoms with Gasteiger partial charge in [0.2, 0.25) is 15.9 Å².